The highest BCUT2D eigenvalue weighted by Crippen LogP contribution is 2.31. The number of nitrogen functional groups attached to an aromatic ring is 1. The van der Waals surface area contributed by atoms with Crippen LogP contribution in [0.15, 0.2) is 37.9 Å². The van der Waals surface area contributed by atoms with E-state index in [-0.39, 0.29) is 35.0 Å². The van der Waals surface area contributed by atoms with Gasteiger partial charge in [0.2, 0.25) is 17.1 Å². The van der Waals surface area contributed by atoms with E-state index in [9.17, 15) is 9.59 Å². The van der Waals surface area contributed by atoms with Crippen molar-refractivity contribution in [3.8, 4) is 17.1 Å². The molecule has 3 rings (SSSR count). The minimum absolute atomic E-state index is 0.00727. The Morgan fingerprint density at radius 1 is 1.19 bits per heavy atom. The summed E-state index contributed by atoms with van der Waals surface area (Å²) in [5.41, 5.74) is 6.94. The number of esters is 1. The molecule has 142 valence electrons. The summed E-state index contributed by atoms with van der Waals surface area (Å²) in [6.45, 7) is 3.96. The zero-order valence-corrected chi connectivity index (χ0v) is 15.5. The predicted molar refractivity (Wildman–Crippen MR) is 101 cm³/mol. The lowest BCUT2D eigenvalue weighted by molar-refractivity contribution is 0.0491. The van der Waals surface area contributed by atoms with E-state index in [0.29, 0.717) is 16.7 Å². The summed E-state index contributed by atoms with van der Waals surface area (Å²) in [6, 6.07) is 6.35. The van der Waals surface area contributed by atoms with Gasteiger partial charge in [0.15, 0.2) is 0 Å². The third-order valence-corrected chi connectivity index (χ3v) is 4.17. The van der Waals surface area contributed by atoms with Gasteiger partial charge in [-0.25, -0.2) is 4.79 Å². The Morgan fingerprint density at radius 3 is 2.63 bits per heavy atom. The van der Waals surface area contributed by atoms with Crippen molar-refractivity contribution in [1.29, 1.82) is 0 Å². The van der Waals surface area contributed by atoms with Crippen molar-refractivity contribution in [1.82, 2.24) is 0 Å². The second kappa shape index (κ2) is 7.57. The molecule has 0 saturated heterocycles. The van der Waals surface area contributed by atoms with Crippen LogP contribution in [0.1, 0.15) is 36.4 Å². The number of methoxy groups -OCH3 is 1. The molecule has 0 saturated carbocycles. The molecule has 2 heterocycles. The number of benzene rings is 1. The number of furan rings is 1. The lowest BCUT2D eigenvalue weighted by Crippen LogP contribution is -2.09. The molecule has 0 bridgehead atoms. The molecule has 0 fully saturated rings. The van der Waals surface area contributed by atoms with Gasteiger partial charge in [-0.2, -0.15) is 0 Å². The fraction of sp³-hybridized carbons (Fsp3) is 0.300. The number of hydrogen-bond donors (Lipinski definition) is 1. The fourth-order valence-electron chi connectivity index (χ4n) is 2.96. The number of anilines is 1. The second-order valence-corrected chi connectivity index (χ2v) is 5.97. The highest BCUT2D eigenvalue weighted by molar-refractivity contribution is 5.89. The molecular weight excluding hydrogens is 350 g/mol. The normalized spacial score (nSPS) is 10.9. The smallest absolute Gasteiger partial charge is 0.374 e. The number of fused-ring (bicyclic) bond motifs is 1. The number of ether oxygens (including phenoxy) is 2. The van der Waals surface area contributed by atoms with Gasteiger partial charge >= 0.3 is 5.97 Å². The molecule has 7 nitrogen and oxygen atoms in total. The monoisotopic (exact) mass is 371 g/mol. The maximum Gasteiger partial charge on any atom is 0.374 e. The zero-order chi connectivity index (χ0) is 19.6. The van der Waals surface area contributed by atoms with Gasteiger partial charge in [0.05, 0.1) is 19.1 Å². The molecule has 0 spiro atoms. The summed E-state index contributed by atoms with van der Waals surface area (Å²) in [5, 5.41) is 0.373. The van der Waals surface area contributed by atoms with Crippen LogP contribution in [-0.4, -0.2) is 19.7 Å². The first kappa shape index (κ1) is 18.6. The van der Waals surface area contributed by atoms with Crippen molar-refractivity contribution in [3.63, 3.8) is 0 Å². The zero-order valence-electron chi connectivity index (χ0n) is 15.5. The van der Waals surface area contributed by atoms with Crippen molar-refractivity contribution < 1.29 is 23.1 Å². The Balaban J connectivity index is 2.17. The van der Waals surface area contributed by atoms with Gasteiger partial charge in [0.1, 0.15) is 22.7 Å². The van der Waals surface area contributed by atoms with Crippen LogP contribution in [0.5, 0.6) is 5.75 Å². The largest absolute Gasteiger partial charge is 0.496 e. The van der Waals surface area contributed by atoms with Gasteiger partial charge in [-0.1, -0.05) is 13.3 Å². The summed E-state index contributed by atoms with van der Waals surface area (Å²) < 4.78 is 21.4. The number of nitrogens with two attached hydrogens (primary N) is 1. The number of hydrogen-bond acceptors (Lipinski definition) is 7. The molecule has 2 aromatic heterocycles. The van der Waals surface area contributed by atoms with Crippen molar-refractivity contribution in [2.45, 2.75) is 26.7 Å². The lowest BCUT2D eigenvalue weighted by atomic mass is 10.0. The number of carbonyl (C=O) groups is 1. The average Bonchev–Trinajstić information content (AvgIpc) is 3.12. The van der Waals surface area contributed by atoms with Crippen LogP contribution in [0, 0.1) is 0 Å². The Bertz CT molecular complexity index is 1050. The summed E-state index contributed by atoms with van der Waals surface area (Å²) in [5.74, 6) is 0.0819. The van der Waals surface area contributed by atoms with Crippen LogP contribution in [-0.2, 0) is 11.2 Å². The maximum absolute atomic E-state index is 13.1. The highest BCUT2D eigenvalue weighted by atomic mass is 16.5. The Morgan fingerprint density at radius 2 is 1.96 bits per heavy atom. The molecule has 2 N–H and O–H groups in total. The molecule has 3 aromatic rings. The molecule has 0 atom stereocenters. The van der Waals surface area contributed by atoms with Crippen molar-refractivity contribution in [2.24, 2.45) is 0 Å². The summed E-state index contributed by atoms with van der Waals surface area (Å²) in [4.78, 5) is 24.8. The van der Waals surface area contributed by atoms with E-state index in [1.165, 1.54) is 12.1 Å². The quantitative estimate of drug-likeness (QED) is 0.658. The van der Waals surface area contributed by atoms with Crippen LogP contribution in [0.3, 0.4) is 0 Å². The molecule has 0 aliphatic heterocycles. The molecule has 0 aliphatic carbocycles. The van der Waals surface area contributed by atoms with E-state index in [0.717, 1.165) is 18.4 Å². The van der Waals surface area contributed by atoms with Crippen LogP contribution in [0.25, 0.3) is 22.3 Å². The standard InChI is InChI=1S/C20H21NO6/c1-4-6-11-9-12-16(10-15(11)24-3)27-19(21)17(18(12)22)13-7-8-14(26-13)20(23)25-5-2/h7-10H,4-6,21H2,1-3H3. The Hall–Kier alpha value is -3.22. The highest BCUT2D eigenvalue weighted by Gasteiger charge is 2.21. The minimum Gasteiger partial charge on any atom is -0.496 e. The average molecular weight is 371 g/mol. The molecule has 0 unspecified atom stereocenters. The third-order valence-electron chi connectivity index (χ3n) is 4.17. The van der Waals surface area contributed by atoms with Gasteiger partial charge in [0, 0.05) is 6.07 Å². The van der Waals surface area contributed by atoms with Crippen LogP contribution < -0.4 is 15.9 Å². The predicted octanol–water partition coefficient (Wildman–Crippen LogP) is 3.77. The molecule has 0 radical (unpaired) electrons. The van der Waals surface area contributed by atoms with E-state index in [4.69, 9.17) is 24.0 Å². The Kier molecular flexibility index (Phi) is 5.21. The van der Waals surface area contributed by atoms with Crippen LogP contribution >= 0.6 is 0 Å². The van der Waals surface area contributed by atoms with E-state index >= 15 is 0 Å². The van der Waals surface area contributed by atoms with Crippen molar-refractivity contribution in [2.75, 3.05) is 19.5 Å². The third kappa shape index (κ3) is 3.40. The van der Waals surface area contributed by atoms with E-state index in [1.807, 2.05) is 6.92 Å². The minimum atomic E-state index is -0.609. The van der Waals surface area contributed by atoms with Gasteiger partial charge in [0.25, 0.3) is 0 Å². The van der Waals surface area contributed by atoms with Gasteiger partial charge in [-0.3, -0.25) is 4.79 Å². The number of carbonyl (C=O) groups excluding carboxylic acids is 1. The molecule has 0 aliphatic rings. The second-order valence-electron chi connectivity index (χ2n) is 5.97. The first-order chi connectivity index (χ1) is 13.0. The van der Waals surface area contributed by atoms with Crippen LogP contribution in [0.4, 0.5) is 5.88 Å². The van der Waals surface area contributed by atoms with E-state index in [2.05, 4.69) is 0 Å². The summed E-state index contributed by atoms with van der Waals surface area (Å²) in [6.07, 6.45) is 1.65. The first-order valence-electron chi connectivity index (χ1n) is 8.70. The van der Waals surface area contributed by atoms with Gasteiger partial charge < -0.3 is 24.0 Å². The topological polar surface area (TPSA) is 105 Å². The number of aryl methyl sites for hydroxylation is 1. The SMILES string of the molecule is CCCc1cc2c(=O)c(-c3ccc(C(=O)OCC)o3)c(N)oc2cc1OC. The van der Waals surface area contributed by atoms with Crippen molar-refractivity contribution in [3.05, 3.63) is 45.8 Å². The van der Waals surface area contributed by atoms with E-state index < -0.39 is 5.97 Å². The number of rotatable bonds is 6. The lowest BCUT2D eigenvalue weighted by Gasteiger charge is -2.10. The van der Waals surface area contributed by atoms with Gasteiger partial charge in [-0.15, -0.1) is 0 Å². The summed E-state index contributed by atoms with van der Waals surface area (Å²) in [7, 11) is 1.57. The van der Waals surface area contributed by atoms with E-state index in [1.54, 1.807) is 26.2 Å². The summed E-state index contributed by atoms with van der Waals surface area (Å²) >= 11 is 0. The molecule has 0 amide bonds. The molecule has 7 heteroatoms. The Labute approximate surface area is 155 Å². The maximum atomic E-state index is 13.1. The van der Waals surface area contributed by atoms with Gasteiger partial charge in [-0.05, 0) is 37.1 Å². The fourth-order valence-corrected chi connectivity index (χ4v) is 2.96. The molecule has 1 aromatic carbocycles. The molecular formula is C20H21NO6. The van der Waals surface area contributed by atoms with Crippen LogP contribution in [0.2, 0.25) is 0 Å². The van der Waals surface area contributed by atoms with Crippen molar-refractivity contribution >= 4 is 22.8 Å². The first-order valence-corrected chi connectivity index (χ1v) is 8.70. The molecule has 27 heavy (non-hydrogen) atoms.